The van der Waals surface area contributed by atoms with Gasteiger partial charge in [0, 0.05) is 17.1 Å². The zero-order valence-electron chi connectivity index (χ0n) is 13.0. The summed E-state index contributed by atoms with van der Waals surface area (Å²) in [5.74, 6) is 0.533. The minimum absolute atomic E-state index is 0.192. The molecule has 5 heteroatoms. The van der Waals surface area contributed by atoms with Crippen LogP contribution in [0.2, 0.25) is 0 Å². The third kappa shape index (κ3) is 4.07. The van der Waals surface area contributed by atoms with E-state index in [1.54, 1.807) is 13.4 Å². The number of fused-ring (bicyclic) bond motifs is 1. The molecule has 0 amide bonds. The van der Waals surface area contributed by atoms with Gasteiger partial charge in [0.1, 0.15) is 12.4 Å². The van der Waals surface area contributed by atoms with Crippen LogP contribution >= 0.6 is 0 Å². The lowest BCUT2D eigenvalue weighted by Crippen LogP contribution is -2.16. The topological polar surface area (TPSA) is 52.6 Å². The van der Waals surface area contributed by atoms with Crippen LogP contribution in [0.3, 0.4) is 0 Å². The first-order chi connectivity index (χ1) is 10.5. The second kappa shape index (κ2) is 7.40. The van der Waals surface area contributed by atoms with Crippen LogP contribution in [0, 0.1) is 0 Å². The van der Waals surface area contributed by atoms with Gasteiger partial charge >= 0.3 is 5.97 Å². The lowest BCUT2D eigenvalue weighted by atomic mass is 9.98. The summed E-state index contributed by atoms with van der Waals surface area (Å²) in [6, 6.07) is 11.7. The molecule has 118 valence electrons. The molecule has 2 aromatic rings. The zero-order chi connectivity index (χ0) is 16.1. The fourth-order valence-electron chi connectivity index (χ4n) is 2.16. The van der Waals surface area contributed by atoms with Gasteiger partial charge in [-0.15, -0.1) is 0 Å². The van der Waals surface area contributed by atoms with E-state index in [2.05, 4.69) is 0 Å². The normalized spacial score (nSPS) is 13.6. The van der Waals surface area contributed by atoms with Gasteiger partial charge in [0.2, 0.25) is 0 Å². The van der Waals surface area contributed by atoms with Crippen molar-refractivity contribution in [1.82, 2.24) is 0 Å². The van der Waals surface area contributed by atoms with Gasteiger partial charge < -0.3 is 9.47 Å². The molecule has 0 aliphatic heterocycles. The molecule has 4 nitrogen and oxygen atoms in total. The van der Waals surface area contributed by atoms with Crippen molar-refractivity contribution in [3.8, 4) is 5.75 Å². The highest BCUT2D eigenvalue weighted by Gasteiger charge is 2.17. The highest BCUT2D eigenvalue weighted by molar-refractivity contribution is 7.84. The number of esters is 1. The molecule has 0 fully saturated rings. The molecule has 0 radical (unpaired) electrons. The van der Waals surface area contributed by atoms with E-state index in [1.165, 1.54) is 0 Å². The molecule has 1 unspecified atom stereocenters. The van der Waals surface area contributed by atoms with Gasteiger partial charge in [-0.1, -0.05) is 24.3 Å². The van der Waals surface area contributed by atoms with E-state index in [-0.39, 0.29) is 18.5 Å². The number of ether oxygens (including phenoxy) is 2. The maximum Gasteiger partial charge on any atom is 0.313 e. The van der Waals surface area contributed by atoms with E-state index >= 15 is 0 Å². The Labute approximate surface area is 132 Å². The Hall–Kier alpha value is -1.88. The van der Waals surface area contributed by atoms with E-state index in [0.717, 1.165) is 22.1 Å². The Bertz CT molecular complexity index is 696. The highest BCUT2D eigenvalue weighted by Crippen LogP contribution is 2.25. The summed E-state index contributed by atoms with van der Waals surface area (Å²) in [5, 5.41) is 2.11. The molecule has 0 aliphatic rings. The zero-order valence-corrected chi connectivity index (χ0v) is 13.8. The van der Waals surface area contributed by atoms with Crippen LogP contribution in [0.15, 0.2) is 36.4 Å². The van der Waals surface area contributed by atoms with Crippen molar-refractivity contribution >= 4 is 27.5 Å². The number of methoxy groups -OCH3 is 1. The summed E-state index contributed by atoms with van der Waals surface area (Å²) in [4.78, 5) is 12.0. The lowest BCUT2D eigenvalue weighted by molar-refractivity contribution is -0.144. The van der Waals surface area contributed by atoms with Gasteiger partial charge in [-0.25, -0.2) is 0 Å². The first-order valence-corrected chi connectivity index (χ1v) is 8.78. The van der Waals surface area contributed by atoms with Gasteiger partial charge in [0.15, 0.2) is 0 Å². The molecule has 2 atom stereocenters. The number of benzene rings is 2. The van der Waals surface area contributed by atoms with Crippen LogP contribution in [-0.2, 0) is 20.3 Å². The van der Waals surface area contributed by atoms with Gasteiger partial charge in [-0.3, -0.25) is 9.00 Å². The largest absolute Gasteiger partial charge is 0.497 e. The molecule has 0 saturated carbocycles. The van der Waals surface area contributed by atoms with Crippen LogP contribution < -0.4 is 4.74 Å². The molecule has 0 aliphatic carbocycles. The molecule has 0 N–H and O–H groups in total. The lowest BCUT2D eigenvalue weighted by Gasteiger charge is -2.12. The van der Waals surface area contributed by atoms with Gasteiger partial charge in [-0.05, 0) is 35.4 Å². The maximum atomic E-state index is 12.0. The minimum Gasteiger partial charge on any atom is -0.497 e. The van der Waals surface area contributed by atoms with Crippen LogP contribution in [0.5, 0.6) is 5.75 Å². The monoisotopic (exact) mass is 320 g/mol. The second-order valence-corrected chi connectivity index (χ2v) is 6.69. The minimum atomic E-state index is -0.951. The smallest absolute Gasteiger partial charge is 0.313 e. The first kappa shape index (κ1) is 16.5. The number of rotatable bonds is 6. The average Bonchev–Trinajstić information content (AvgIpc) is 2.52. The van der Waals surface area contributed by atoms with E-state index in [4.69, 9.17) is 9.47 Å². The van der Waals surface area contributed by atoms with Crippen LogP contribution in [-0.4, -0.2) is 35.9 Å². The third-order valence-corrected chi connectivity index (χ3v) is 4.28. The average molecular weight is 320 g/mol. The second-order valence-electron chi connectivity index (χ2n) is 5.14. The van der Waals surface area contributed by atoms with Gasteiger partial charge in [-0.2, -0.15) is 0 Å². The van der Waals surface area contributed by atoms with Crippen molar-refractivity contribution < 1.29 is 18.5 Å². The summed E-state index contributed by atoms with van der Waals surface area (Å²) < 4.78 is 21.3. The van der Waals surface area contributed by atoms with Crippen LogP contribution in [0.25, 0.3) is 10.8 Å². The number of carbonyl (C=O) groups excluding carboxylic acids is 1. The van der Waals surface area contributed by atoms with Crippen LogP contribution in [0.1, 0.15) is 18.4 Å². The fourth-order valence-corrected chi connectivity index (χ4v) is 2.48. The van der Waals surface area contributed by atoms with Gasteiger partial charge in [0.25, 0.3) is 0 Å². The SMILES string of the molecule is COc1ccc2cc([C@H](C)C(=O)OCCS(C)=O)ccc2c1. The van der Waals surface area contributed by atoms with E-state index in [1.807, 2.05) is 43.3 Å². The van der Waals surface area contributed by atoms with Crippen molar-refractivity contribution in [1.29, 1.82) is 0 Å². The Kier molecular flexibility index (Phi) is 5.55. The van der Waals surface area contributed by atoms with Crippen molar-refractivity contribution in [2.45, 2.75) is 12.8 Å². The van der Waals surface area contributed by atoms with E-state index < -0.39 is 10.8 Å². The molecular weight excluding hydrogens is 300 g/mol. The standard InChI is InChI=1S/C17H20O4S/c1-12(17(18)21-8-9-22(3)19)13-4-5-15-11-16(20-2)7-6-14(15)10-13/h4-7,10-12H,8-9H2,1-3H3/t12-,22?/m0/s1. The Morgan fingerprint density at radius 1 is 1.18 bits per heavy atom. The van der Waals surface area contributed by atoms with Crippen molar-refractivity contribution in [3.63, 3.8) is 0 Å². The maximum absolute atomic E-state index is 12.0. The Morgan fingerprint density at radius 3 is 2.55 bits per heavy atom. The van der Waals surface area contributed by atoms with E-state index in [0.29, 0.717) is 5.75 Å². The highest BCUT2D eigenvalue weighted by atomic mass is 32.2. The summed E-state index contributed by atoms with van der Waals surface area (Å²) in [5.41, 5.74) is 0.903. The molecule has 0 bridgehead atoms. The number of hydrogen-bond acceptors (Lipinski definition) is 4. The van der Waals surface area contributed by atoms with Crippen LogP contribution in [0.4, 0.5) is 0 Å². The summed E-state index contributed by atoms with van der Waals surface area (Å²) in [6.07, 6.45) is 1.59. The molecule has 2 aromatic carbocycles. The molecule has 0 heterocycles. The summed E-state index contributed by atoms with van der Waals surface area (Å²) in [6.45, 7) is 2.01. The predicted molar refractivity (Wildman–Crippen MR) is 88.8 cm³/mol. The Balaban J connectivity index is 2.12. The van der Waals surface area contributed by atoms with Gasteiger partial charge in [0.05, 0.1) is 18.8 Å². The third-order valence-electron chi connectivity index (χ3n) is 3.54. The van der Waals surface area contributed by atoms with Crippen molar-refractivity contribution in [2.24, 2.45) is 0 Å². The first-order valence-electron chi connectivity index (χ1n) is 7.05. The number of hydrogen-bond donors (Lipinski definition) is 0. The fraction of sp³-hybridized carbons (Fsp3) is 0.353. The quantitative estimate of drug-likeness (QED) is 0.768. The molecule has 2 rings (SSSR count). The van der Waals surface area contributed by atoms with Crippen molar-refractivity contribution in [2.75, 3.05) is 25.7 Å². The predicted octanol–water partition coefficient (Wildman–Crippen LogP) is 2.87. The Morgan fingerprint density at radius 2 is 1.86 bits per heavy atom. The number of carbonyl (C=O) groups is 1. The molecule has 0 saturated heterocycles. The summed E-state index contributed by atoms with van der Waals surface area (Å²) in [7, 11) is 0.685. The molecule has 0 aromatic heterocycles. The van der Waals surface area contributed by atoms with Crippen molar-refractivity contribution in [3.05, 3.63) is 42.0 Å². The molecule has 0 spiro atoms. The molecular formula is C17H20O4S. The van der Waals surface area contributed by atoms with E-state index in [9.17, 15) is 9.00 Å². The molecule has 22 heavy (non-hydrogen) atoms. The summed E-state index contributed by atoms with van der Waals surface area (Å²) >= 11 is 0.